The van der Waals surface area contributed by atoms with Gasteiger partial charge in [0.15, 0.2) is 5.65 Å². The third-order valence-corrected chi connectivity index (χ3v) is 6.07. The Balaban J connectivity index is 1.58. The molecule has 4 rings (SSSR count). The maximum Gasteiger partial charge on any atom is 0.272 e. The van der Waals surface area contributed by atoms with Crippen molar-refractivity contribution in [2.24, 2.45) is 5.92 Å². The van der Waals surface area contributed by atoms with Crippen molar-refractivity contribution in [3.8, 4) is 0 Å². The van der Waals surface area contributed by atoms with Crippen LogP contribution in [0.2, 0.25) is 0 Å². The van der Waals surface area contributed by atoms with E-state index in [0.717, 1.165) is 42.9 Å². The second-order valence-electron chi connectivity index (χ2n) is 8.70. The third kappa shape index (κ3) is 4.71. The van der Waals surface area contributed by atoms with E-state index in [1.54, 1.807) is 0 Å². The number of carbonyl (C=O) groups excluding carboxylic acids is 1. The maximum atomic E-state index is 12.8. The lowest BCUT2D eigenvalue weighted by Crippen LogP contribution is -2.34. The highest BCUT2D eigenvalue weighted by atomic mass is 16.5. The first-order valence-corrected chi connectivity index (χ1v) is 11.0. The number of benzene rings is 1. The number of nitrogens with zero attached hydrogens (tertiary/aromatic N) is 2. The summed E-state index contributed by atoms with van der Waals surface area (Å²) in [6.07, 6.45) is 2.16. The fraction of sp³-hybridized carbons (Fsp3) is 0.458. The molecule has 2 N–H and O–H groups in total. The van der Waals surface area contributed by atoms with Gasteiger partial charge < -0.3 is 10.1 Å². The van der Waals surface area contributed by atoms with Crippen LogP contribution in [0.5, 0.6) is 0 Å². The van der Waals surface area contributed by atoms with Crippen LogP contribution in [0.15, 0.2) is 41.2 Å². The molecule has 31 heavy (non-hydrogen) atoms. The van der Waals surface area contributed by atoms with Gasteiger partial charge in [-0.3, -0.25) is 14.7 Å². The Labute approximate surface area is 181 Å². The summed E-state index contributed by atoms with van der Waals surface area (Å²) in [6, 6.07) is 11.0. The zero-order valence-electron chi connectivity index (χ0n) is 18.4. The number of hydrogen-bond acceptors (Lipinski definition) is 4. The highest BCUT2D eigenvalue weighted by Gasteiger charge is 2.23. The Morgan fingerprint density at radius 3 is 2.71 bits per heavy atom. The molecule has 164 valence electrons. The van der Waals surface area contributed by atoms with Crippen molar-refractivity contribution in [3.63, 3.8) is 0 Å². The molecule has 3 heterocycles. The largest absolute Gasteiger partial charge is 0.381 e. The molecule has 1 fully saturated rings. The van der Waals surface area contributed by atoms with Crippen molar-refractivity contribution >= 4 is 11.6 Å². The molecule has 1 aliphatic heterocycles. The highest BCUT2D eigenvalue weighted by Crippen LogP contribution is 2.27. The van der Waals surface area contributed by atoms with Crippen molar-refractivity contribution < 1.29 is 9.53 Å². The van der Waals surface area contributed by atoms with Crippen LogP contribution in [0.1, 0.15) is 61.2 Å². The Kier molecular flexibility index (Phi) is 6.23. The standard InChI is InChI=1S/C24H30N4O3/c1-15(2)24(26-22(29)12-18-7-5-4-6-16(18)3)20-14-23(30)28-21(25-20)13-19(27-28)17-8-10-31-11-9-17/h4-7,13-15,17,24,27H,8-12H2,1-3H3,(H,26,29)/t24-/m1/s1. The Bertz CT molecular complexity index is 1130. The van der Waals surface area contributed by atoms with Crippen molar-refractivity contribution in [2.75, 3.05) is 13.2 Å². The van der Waals surface area contributed by atoms with Gasteiger partial charge in [0.25, 0.3) is 5.56 Å². The van der Waals surface area contributed by atoms with Crippen LogP contribution >= 0.6 is 0 Å². The zero-order chi connectivity index (χ0) is 22.0. The Hall–Kier alpha value is -2.93. The lowest BCUT2D eigenvalue weighted by Gasteiger charge is -2.22. The number of fused-ring (bicyclic) bond motifs is 1. The summed E-state index contributed by atoms with van der Waals surface area (Å²) in [6.45, 7) is 7.51. The Morgan fingerprint density at radius 2 is 2.00 bits per heavy atom. The summed E-state index contributed by atoms with van der Waals surface area (Å²) in [5.41, 5.74) is 4.10. The van der Waals surface area contributed by atoms with E-state index in [-0.39, 0.29) is 23.4 Å². The minimum atomic E-state index is -0.337. The predicted octanol–water partition coefficient (Wildman–Crippen LogP) is 3.28. The topological polar surface area (TPSA) is 88.5 Å². The molecule has 0 saturated carbocycles. The van der Waals surface area contributed by atoms with Crippen LogP contribution in [0.3, 0.4) is 0 Å². The van der Waals surface area contributed by atoms with Gasteiger partial charge >= 0.3 is 0 Å². The van der Waals surface area contributed by atoms with E-state index < -0.39 is 0 Å². The number of H-pyrrole nitrogens is 1. The van der Waals surface area contributed by atoms with Crippen LogP contribution in [0.4, 0.5) is 0 Å². The van der Waals surface area contributed by atoms with Crippen LogP contribution in [-0.2, 0) is 16.0 Å². The van der Waals surface area contributed by atoms with Crippen LogP contribution in [-0.4, -0.2) is 33.7 Å². The number of amides is 1. The molecule has 0 spiro atoms. The number of aryl methyl sites for hydroxylation is 1. The minimum Gasteiger partial charge on any atom is -0.381 e. The lowest BCUT2D eigenvalue weighted by molar-refractivity contribution is -0.121. The van der Waals surface area contributed by atoms with Gasteiger partial charge in [0, 0.05) is 37.0 Å². The number of aromatic amines is 1. The molecule has 1 aliphatic rings. The summed E-state index contributed by atoms with van der Waals surface area (Å²) >= 11 is 0. The first-order valence-electron chi connectivity index (χ1n) is 11.0. The van der Waals surface area contributed by atoms with Gasteiger partial charge in [0.05, 0.1) is 18.2 Å². The molecule has 1 saturated heterocycles. The Morgan fingerprint density at radius 1 is 1.26 bits per heavy atom. The SMILES string of the molecule is Cc1ccccc1CC(=O)N[C@@H](c1cc(=O)n2[nH]c(C3CCOCC3)cc2n1)C(C)C. The molecule has 2 aromatic heterocycles. The smallest absolute Gasteiger partial charge is 0.272 e. The molecule has 0 bridgehead atoms. The monoisotopic (exact) mass is 422 g/mol. The minimum absolute atomic E-state index is 0.0769. The molecule has 1 aromatic carbocycles. The lowest BCUT2D eigenvalue weighted by atomic mass is 9.97. The van der Waals surface area contributed by atoms with E-state index in [2.05, 4.69) is 10.4 Å². The average Bonchev–Trinajstić information content (AvgIpc) is 3.19. The second-order valence-corrected chi connectivity index (χ2v) is 8.70. The maximum absolute atomic E-state index is 12.8. The van der Waals surface area contributed by atoms with Gasteiger partial charge in [-0.2, -0.15) is 0 Å². The summed E-state index contributed by atoms with van der Waals surface area (Å²) < 4.78 is 6.93. The van der Waals surface area contributed by atoms with Gasteiger partial charge in [0.2, 0.25) is 5.91 Å². The molecule has 7 heteroatoms. The summed E-state index contributed by atoms with van der Waals surface area (Å²) in [5.74, 6) is 0.351. The predicted molar refractivity (Wildman–Crippen MR) is 119 cm³/mol. The van der Waals surface area contributed by atoms with Crippen molar-refractivity contribution in [2.45, 2.75) is 52.0 Å². The second kappa shape index (κ2) is 9.06. The van der Waals surface area contributed by atoms with E-state index in [9.17, 15) is 9.59 Å². The molecular weight excluding hydrogens is 392 g/mol. The van der Waals surface area contributed by atoms with Crippen molar-refractivity contribution in [1.82, 2.24) is 19.9 Å². The van der Waals surface area contributed by atoms with E-state index in [1.165, 1.54) is 10.6 Å². The summed E-state index contributed by atoms with van der Waals surface area (Å²) in [7, 11) is 0. The molecule has 0 aliphatic carbocycles. The number of carbonyl (C=O) groups is 1. The van der Waals surface area contributed by atoms with Gasteiger partial charge in [-0.15, -0.1) is 0 Å². The molecule has 1 atom stereocenters. The molecule has 1 amide bonds. The highest BCUT2D eigenvalue weighted by molar-refractivity contribution is 5.79. The number of hydrogen-bond donors (Lipinski definition) is 2. The van der Waals surface area contributed by atoms with Crippen LogP contribution in [0, 0.1) is 12.8 Å². The van der Waals surface area contributed by atoms with E-state index in [0.29, 0.717) is 23.7 Å². The summed E-state index contributed by atoms with van der Waals surface area (Å²) in [4.78, 5) is 30.3. The van der Waals surface area contributed by atoms with Crippen LogP contribution < -0.4 is 10.9 Å². The molecule has 0 radical (unpaired) electrons. The average molecular weight is 423 g/mol. The third-order valence-electron chi connectivity index (χ3n) is 6.07. The van der Waals surface area contributed by atoms with E-state index >= 15 is 0 Å². The number of aromatic nitrogens is 3. The first kappa shape index (κ1) is 21.3. The van der Waals surface area contributed by atoms with Crippen molar-refractivity contribution in [1.29, 1.82) is 0 Å². The summed E-state index contributed by atoms with van der Waals surface area (Å²) in [5, 5.41) is 6.30. The quantitative estimate of drug-likeness (QED) is 0.638. The van der Waals surface area contributed by atoms with Crippen LogP contribution in [0.25, 0.3) is 5.65 Å². The fourth-order valence-electron chi connectivity index (χ4n) is 4.19. The van der Waals surface area contributed by atoms with Crippen molar-refractivity contribution in [3.05, 3.63) is 69.3 Å². The van der Waals surface area contributed by atoms with Gasteiger partial charge in [0.1, 0.15) is 0 Å². The fourth-order valence-corrected chi connectivity index (χ4v) is 4.19. The van der Waals surface area contributed by atoms with Gasteiger partial charge in [-0.25, -0.2) is 9.50 Å². The van der Waals surface area contributed by atoms with E-state index in [1.807, 2.05) is 51.1 Å². The number of rotatable bonds is 6. The molecule has 7 nitrogen and oxygen atoms in total. The number of nitrogens with one attached hydrogen (secondary N) is 2. The van der Waals surface area contributed by atoms with E-state index in [4.69, 9.17) is 9.72 Å². The molecule has 3 aromatic rings. The first-order chi connectivity index (χ1) is 14.9. The van der Waals surface area contributed by atoms with Gasteiger partial charge in [-0.05, 0) is 36.8 Å². The van der Waals surface area contributed by atoms with Gasteiger partial charge in [-0.1, -0.05) is 38.1 Å². The molecule has 0 unspecified atom stereocenters. The number of ether oxygens (including phenoxy) is 1. The molecular formula is C24H30N4O3. The zero-order valence-corrected chi connectivity index (χ0v) is 18.4. The normalized spacial score (nSPS) is 16.0.